The highest BCUT2D eigenvalue weighted by atomic mass is 32.2. The number of hydrogen-bond donors (Lipinski definition) is 1. The molecular formula is C14H9NO3S2. The van der Waals surface area contributed by atoms with Crippen LogP contribution in [0.1, 0.15) is 11.1 Å². The Morgan fingerprint density at radius 1 is 1.45 bits per heavy atom. The minimum atomic E-state index is -1.10. The lowest BCUT2D eigenvalue weighted by Crippen LogP contribution is -2.33. The van der Waals surface area contributed by atoms with Crippen molar-refractivity contribution in [3.63, 3.8) is 0 Å². The number of aliphatic carboxylic acids is 1. The molecule has 100 valence electrons. The summed E-state index contributed by atoms with van der Waals surface area (Å²) in [4.78, 5) is 24.2. The van der Waals surface area contributed by atoms with Crippen molar-refractivity contribution < 1.29 is 14.7 Å². The predicted octanol–water partition coefficient (Wildman–Crippen LogP) is 1.95. The Morgan fingerprint density at radius 3 is 2.65 bits per heavy atom. The maximum Gasteiger partial charge on any atom is 0.323 e. The number of carboxylic acids is 1. The first kappa shape index (κ1) is 14.3. The SMILES string of the molecule is C#Cc1ccc(/C=C2/SC(=S)N(CC(=O)O)C2=O)cc1. The Hall–Kier alpha value is -2.10. The summed E-state index contributed by atoms with van der Waals surface area (Å²) in [6.45, 7) is -0.419. The van der Waals surface area contributed by atoms with E-state index >= 15 is 0 Å². The van der Waals surface area contributed by atoms with E-state index in [0.717, 1.165) is 27.8 Å². The van der Waals surface area contributed by atoms with Crippen molar-refractivity contribution in [2.75, 3.05) is 6.54 Å². The van der Waals surface area contributed by atoms with Crippen LogP contribution in [0.2, 0.25) is 0 Å². The van der Waals surface area contributed by atoms with Crippen LogP contribution in [0, 0.1) is 12.3 Å². The molecule has 1 aliphatic heterocycles. The Morgan fingerprint density at radius 2 is 2.10 bits per heavy atom. The zero-order valence-electron chi connectivity index (χ0n) is 10.2. The van der Waals surface area contributed by atoms with Crippen LogP contribution in [0.5, 0.6) is 0 Å². The van der Waals surface area contributed by atoms with E-state index in [4.69, 9.17) is 23.7 Å². The van der Waals surface area contributed by atoms with Gasteiger partial charge in [-0.25, -0.2) is 0 Å². The number of carboxylic acid groups (broad SMARTS) is 1. The molecule has 1 saturated heterocycles. The van der Waals surface area contributed by atoms with Crippen molar-refractivity contribution in [2.24, 2.45) is 0 Å². The van der Waals surface area contributed by atoms with Crippen molar-refractivity contribution in [3.05, 3.63) is 40.3 Å². The van der Waals surface area contributed by atoms with Crippen molar-refractivity contribution in [2.45, 2.75) is 0 Å². The minimum Gasteiger partial charge on any atom is -0.480 e. The number of terminal acetylenes is 1. The second kappa shape index (κ2) is 5.90. The van der Waals surface area contributed by atoms with Crippen molar-refractivity contribution >= 4 is 46.3 Å². The molecule has 1 aliphatic rings. The molecule has 1 amide bonds. The van der Waals surface area contributed by atoms with Gasteiger partial charge in [-0.1, -0.05) is 42.0 Å². The fourth-order valence-electron chi connectivity index (χ4n) is 1.60. The molecule has 0 aliphatic carbocycles. The van der Waals surface area contributed by atoms with Gasteiger partial charge < -0.3 is 5.11 Å². The maximum absolute atomic E-state index is 12.0. The third-order valence-electron chi connectivity index (χ3n) is 2.54. The van der Waals surface area contributed by atoms with Crippen LogP contribution in [0.25, 0.3) is 6.08 Å². The van der Waals surface area contributed by atoms with Gasteiger partial charge in [-0.2, -0.15) is 0 Å². The molecule has 0 unspecified atom stereocenters. The van der Waals surface area contributed by atoms with Gasteiger partial charge in [0.2, 0.25) is 0 Å². The number of hydrogen-bond acceptors (Lipinski definition) is 4. The molecule has 6 heteroatoms. The number of carbonyl (C=O) groups is 2. The molecular weight excluding hydrogens is 294 g/mol. The quantitative estimate of drug-likeness (QED) is 0.525. The summed E-state index contributed by atoms with van der Waals surface area (Å²) in [5.41, 5.74) is 1.56. The van der Waals surface area contributed by atoms with Crippen LogP contribution >= 0.6 is 24.0 Å². The van der Waals surface area contributed by atoms with Crippen molar-refractivity contribution in [3.8, 4) is 12.3 Å². The molecule has 20 heavy (non-hydrogen) atoms. The molecule has 0 spiro atoms. The van der Waals surface area contributed by atoms with Gasteiger partial charge >= 0.3 is 5.97 Å². The van der Waals surface area contributed by atoms with Gasteiger partial charge in [0.15, 0.2) is 0 Å². The topological polar surface area (TPSA) is 57.6 Å². The fourth-order valence-corrected chi connectivity index (χ4v) is 2.85. The lowest BCUT2D eigenvalue weighted by atomic mass is 10.1. The fraction of sp³-hybridized carbons (Fsp3) is 0.0714. The van der Waals surface area contributed by atoms with E-state index in [9.17, 15) is 9.59 Å². The van der Waals surface area contributed by atoms with Gasteiger partial charge in [-0.3, -0.25) is 14.5 Å². The van der Waals surface area contributed by atoms with Crippen LogP contribution in [-0.4, -0.2) is 32.7 Å². The largest absolute Gasteiger partial charge is 0.480 e. The monoisotopic (exact) mass is 303 g/mol. The zero-order chi connectivity index (χ0) is 14.7. The third-order valence-corrected chi connectivity index (χ3v) is 3.92. The summed E-state index contributed by atoms with van der Waals surface area (Å²) in [6.07, 6.45) is 6.93. The van der Waals surface area contributed by atoms with E-state index in [1.807, 2.05) is 0 Å². The normalized spacial score (nSPS) is 16.6. The zero-order valence-corrected chi connectivity index (χ0v) is 11.8. The van der Waals surface area contributed by atoms with Gasteiger partial charge in [0, 0.05) is 5.56 Å². The summed E-state index contributed by atoms with van der Waals surface area (Å²) >= 11 is 6.10. The number of carbonyl (C=O) groups excluding carboxylic acids is 1. The Kier molecular flexibility index (Phi) is 4.23. The molecule has 2 rings (SSSR count). The van der Waals surface area contributed by atoms with E-state index < -0.39 is 12.5 Å². The standard InChI is InChI=1S/C14H9NO3S2/c1-2-9-3-5-10(6-4-9)7-11-13(18)15(8-12(16)17)14(19)20-11/h1,3-7H,8H2,(H,16,17)/b11-7+. The smallest absolute Gasteiger partial charge is 0.323 e. The van der Waals surface area contributed by atoms with E-state index in [1.54, 1.807) is 30.3 Å². The lowest BCUT2D eigenvalue weighted by Gasteiger charge is -2.10. The van der Waals surface area contributed by atoms with Crippen LogP contribution in [0.15, 0.2) is 29.2 Å². The van der Waals surface area contributed by atoms with Gasteiger partial charge in [0.05, 0.1) is 4.91 Å². The van der Waals surface area contributed by atoms with Gasteiger partial charge in [-0.15, -0.1) is 6.42 Å². The molecule has 0 bridgehead atoms. The molecule has 0 saturated carbocycles. The first-order valence-electron chi connectivity index (χ1n) is 5.55. The number of rotatable bonds is 3. The Bertz CT molecular complexity index is 656. The maximum atomic E-state index is 12.0. The van der Waals surface area contributed by atoms with Crippen molar-refractivity contribution in [1.29, 1.82) is 0 Å². The van der Waals surface area contributed by atoms with Gasteiger partial charge in [-0.05, 0) is 23.8 Å². The van der Waals surface area contributed by atoms with Crippen LogP contribution in [0.3, 0.4) is 0 Å². The first-order chi connectivity index (χ1) is 9.51. The molecule has 0 radical (unpaired) electrons. The Balaban J connectivity index is 2.23. The average molecular weight is 303 g/mol. The summed E-state index contributed by atoms with van der Waals surface area (Å²) in [6, 6.07) is 7.12. The van der Waals surface area contributed by atoms with E-state index in [1.165, 1.54) is 0 Å². The molecule has 0 aromatic heterocycles. The van der Waals surface area contributed by atoms with E-state index in [2.05, 4.69) is 5.92 Å². The molecule has 1 aromatic carbocycles. The summed E-state index contributed by atoms with van der Waals surface area (Å²) < 4.78 is 0.254. The molecule has 1 fully saturated rings. The Labute approximate surface area is 125 Å². The minimum absolute atomic E-state index is 0.254. The second-order valence-electron chi connectivity index (χ2n) is 3.93. The molecule has 1 N–H and O–H groups in total. The molecule has 1 heterocycles. The highest BCUT2D eigenvalue weighted by Crippen LogP contribution is 2.32. The van der Waals surface area contributed by atoms with E-state index in [0.29, 0.717) is 4.91 Å². The third kappa shape index (κ3) is 3.07. The molecule has 0 atom stereocenters. The second-order valence-corrected chi connectivity index (χ2v) is 5.60. The van der Waals surface area contributed by atoms with Crippen LogP contribution < -0.4 is 0 Å². The molecule has 4 nitrogen and oxygen atoms in total. The first-order valence-corrected chi connectivity index (χ1v) is 6.77. The number of thiocarbonyl (C=S) groups is 1. The van der Waals surface area contributed by atoms with E-state index in [-0.39, 0.29) is 10.2 Å². The summed E-state index contributed by atoms with van der Waals surface area (Å²) in [7, 11) is 0. The number of thioether (sulfide) groups is 1. The van der Waals surface area contributed by atoms with Gasteiger partial charge in [0.1, 0.15) is 10.9 Å². The number of amides is 1. The van der Waals surface area contributed by atoms with Crippen LogP contribution in [-0.2, 0) is 9.59 Å². The summed E-state index contributed by atoms with van der Waals surface area (Å²) in [5.74, 6) is 1.02. The lowest BCUT2D eigenvalue weighted by molar-refractivity contribution is -0.140. The summed E-state index contributed by atoms with van der Waals surface area (Å²) in [5, 5.41) is 8.74. The van der Waals surface area contributed by atoms with Crippen LogP contribution in [0.4, 0.5) is 0 Å². The highest BCUT2D eigenvalue weighted by Gasteiger charge is 2.33. The predicted molar refractivity (Wildman–Crippen MR) is 81.9 cm³/mol. The van der Waals surface area contributed by atoms with Gasteiger partial charge in [0.25, 0.3) is 5.91 Å². The average Bonchev–Trinajstić information content (AvgIpc) is 2.67. The van der Waals surface area contributed by atoms with Crippen molar-refractivity contribution in [1.82, 2.24) is 4.90 Å². The highest BCUT2D eigenvalue weighted by molar-refractivity contribution is 8.26. The number of benzene rings is 1. The molecule has 1 aromatic rings. The number of nitrogens with zero attached hydrogens (tertiary/aromatic N) is 1.